The number of fused-ring (bicyclic) bond motifs is 2. The fraction of sp³-hybridized carbons (Fsp3) is 0.812. The van der Waals surface area contributed by atoms with Crippen LogP contribution in [-0.2, 0) is 4.79 Å². The van der Waals surface area contributed by atoms with Crippen LogP contribution < -0.4 is 0 Å². The SMILES string of the molecule is C=CCCCCCN1C2CCC1CC(CC(=O)O)C2. The molecule has 0 aliphatic carbocycles. The molecule has 1 N–H and O–H groups in total. The first-order valence-electron chi connectivity index (χ1n) is 7.79. The van der Waals surface area contributed by atoms with Gasteiger partial charge in [-0.15, -0.1) is 6.58 Å². The third-order valence-corrected chi connectivity index (χ3v) is 4.77. The van der Waals surface area contributed by atoms with E-state index in [1.807, 2.05) is 6.08 Å². The van der Waals surface area contributed by atoms with Crippen LogP contribution in [0.5, 0.6) is 0 Å². The highest BCUT2D eigenvalue weighted by molar-refractivity contribution is 5.67. The van der Waals surface area contributed by atoms with Gasteiger partial charge < -0.3 is 5.11 Å². The summed E-state index contributed by atoms with van der Waals surface area (Å²) in [6, 6.07) is 1.34. The monoisotopic (exact) mass is 265 g/mol. The Morgan fingerprint density at radius 2 is 1.89 bits per heavy atom. The summed E-state index contributed by atoms with van der Waals surface area (Å²) in [5.74, 6) is -0.200. The maximum Gasteiger partial charge on any atom is 0.303 e. The van der Waals surface area contributed by atoms with Gasteiger partial charge in [0, 0.05) is 18.5 Å². The van der Waals surface area contributed by atoms with E-state index in [0.29, 0.717) is 24.4 Å². The van der Waals surface area contributed by atoms with Gasteiger partial charge in [-0.1, -0.05) is 12.5 Å². The van der Waals surface area contributed by atoms with Crippen LogP contribution in [0.4, 0.5) is 0 Å². The first kappa shape index (κ1) is 14.6. The van der Waals surface area contributed by atoms with Gasteiger partial charge >= 0.3 is 5.97 Å². The molecule has 0 amide bonds. The zero-order valence-corrected chi connectivity index (χ0v) is 11.9. The molecule has 0 aromatic carbocycles. The Morgan fingerprint density at radius 3 is 2.47 bits per heavy atom. The van der Waals surface area contributed by atoms with Gasteiger partial charge in [-0.2, -0.15) is 0 Å². The highest BCUT2D eigenvalue weighted by Crippen LogP contribution is 2.39. The molecule has 2 unspecified atom stereocenters. The molecule has 0 saturated carbocycles. The van der Waals surface area contributed by atoms with E-state index in [1.165, 1.54) is 38.6 Å². The molecule has 2 aliphatic rings. The minimum Gasteiger partial charge on any atom is -0.481 e. The van der Waals surface area contributed by atoms with Gasteiger partial charge in [0.05, 0.1) is 0 Å². The summed E-state index contributed by atoms with van der Waals surface area (Å²) in [6.07, 6.45) is 12.1. The van der Waals surface area contributed by atoms with Crippen LogP contribution in [0.15, 0.2) is 12.7 Å². The summed E-state index contributed by atoms with van der Waals surface area (Å²) in [7, 11) is 0. The third kappa shape index (κ3) is 4.07. The van der Waals surface area contributed by atoms with E-state index in [-0.39, 0.29) is 0 Å². The lowest BCUT2D eigenvalue weighted by Crippen LogP contribution is -2.43. The first-order chi connectivity index (χ1) is 9.20. The summed E-state index contributed by atoms with van der Waals surface area (Å²) in [6.45, 7) is 4.97. The van der Waals surface area contributed by atoms with Gasteiger partial charge in [-0.3, -0.25) is 9.69 Å². The second-order valence-electron chi connectivity index (χ2n) is 6.20. The zero-order chi connectivity index (χ0) is 13.7. The Hall–Kier alpha value is -0.830. The minimum absolute atomic E-state index is 0.375. The third-order valence-electron chi connectivity index (χ3n) is 4.77. The fourth-order valence-corrected chi connectivity index (χ4v) is 3.93. The van der Waals surface area contributed by atoms with Crippen LogP contribution in [0.1, 0.15) is 57.8 Å². The molecule has 0 spiro atoms. The van der Waals surface area contributed by atoms with Crippen molar-refractivity contribution in [2.75, 3.05) is 6.54 Å². The fourth-order valence-electron chi connectivity index (χ4n) is 3.93. The molecule has 0 aromatic heterocycles. The number of nitrogens with zero attached hydrogens (tertiary/aromatic N) is 1. The number of carboxylic acids is 1. The molecular formula is C16H27NO2. The van der Waals surface area contributed by atoms with Crippen molar-refractivity contribution in [3.63, 3.8) is 0 Å². The highest BCUT2D eigenvalue weighted by atomic mass is 16.4. The molecule has 2 rings (SSSR count). The molecule has 2 atom stereocenters. The average molecular weight is 265 g/mol. The standard InChI is InChI=1S/C16H27NO2/c1-2-3-4-5-6-9-17-14-7-8-15(17)11-13(10-14)12-16(18)19/h2,13-15H,1,3-12H2,(H,18,19). The predicted molar refractivity (Wildman–Crippen MR) is 77.2 cm³/mol. The number of hydrogen-bond donors (Lipinski definition) is 1. The molecule has 0 radical (unpaired) electrons. The van der Waals surface area contributed by atoms with Gasteiger partial charge in [0.15, 0.2) is 0 Å². The lowest BCUT2D eigenvalue weighted by molar-refractivity contribution is -0.138. The van der Waals surface area contributed by atoms with Gasteiger partial charge in [0.2, 0.25) is 0 Å². The van der Waals surface area contributed by atoms with Crippen molar-refractivity contribution in [3.8, 4) is 0 Å². The number of carboxylic acid groups (broad SMARTS) is 1. The second-order valence-corrected chi connectivity index (χ2v) is 6.20. The van der Waals surface area contributed by atoms with Crippen molar-refractivity contribution in [2.45, 2.75) is 69.9 Å². The van der Waals surface area contributed by atoms with Gasteiger partial charge in [0.25, 0.3) is 0 Å². The Bertz CT molecular complexity index is 302. The van der Waals surface area contributed by atoms with Gasteiger partial charge in [-0.25, -0.2) is 0 Å². The van der Waals surface area contributed by atoms with Gasteiger partial charge in [-0.05, 0) is 57.4 Å². The van der Waals surface area contributed by atoms with Crippen LogP contribution in [0.2, 0.25) is 0 Å². The lowest BCUT2D eigenvalue weighted by atomic mass is 9.88. The highest BCUT2D eigenvalue weighted by Gasteiger charge is 2.40. The average Bonchev–Trinajstić information content (AvgIpc) is 2.59. The van der Waals surface area contributed by atoms with E-state index < -0.39 is 5.97 Å². The molecule has 2 fully saturated rings. The van der Waals surface area contributed by atoms with E-state index in [2.05, 4.69) is 11.5 Å². The topological polar surface area (TPSA) is 40.5 Å². The molecule has 108 valence electrons. The van der Waals surface area contributed by atoms with Crippen molar-refractivity contribution in [2.24, 2.45) is 5.92 Å². The van der Waals surface area contributed by atoms with Crippen molar-refractivity contribution >= 4 is 5.97 Å². The number of unbranched alkanes of at least 4 members (excludes halogenated alkanes) is 3. The van der Waals surface area contributed by atoms with E-state index in [0.717, 1.165) is 19.3 Å². The lowest BCUT2D eigenvalue weighted by Gasteiger charge is -2.38. The molecule has 0 aromatic rings. The van der Waals surface area contributed by atoms with Crippen LogP contribution >= 0.6 is 0 Å². The maximum absolute atomic E-state index is 10.8. The van der Waals surface area contributed by atoms with Crippen LogP contribution in [0, 0.1) is 5.92 Å². The maximum atomic E-state index is 10.8. The number of allylic oxidation sites excluding steroid dienone is 1. The number of aliphatic carboxylic acids is 1. The second kappa shape index (κ2) is 7.09. The Kier molecular flexibility index (Phi) is 5.44. The Morgan fingerprint density at radius 1 is 1.21 bits per heavy atom. The van der Waals surface area contributed by atoms with Crippen LogP contribution in [0.25, 0.3) is 0 Å². The molecule has 3 nitrogen and oxygen atoms in total. The molecule has 2 heterocycles. The smallest absolute Gasteiger partial charge is 0.303 e. The summed E-state index contributed by atoms with van der Waals surface area (Å²) in [4.78, 5) is 13.5. The van der Waals surface area contributed by atoms with Crippen molar-refractivity contribution in [1.29, 1.82) is 0 Å². The summed E-state index contributed by atoms with van der Waals surface area (Å²) >= 11 is 0. The van der Waals surface area contributed by atoms with Crippen LogP contribution in [0.3, 0.4) is 0 Å². The summed E-state index contributed by atoms with van der Waals surface area (Å²) in [5, 5.41) is 8.93. The predicted octanol–water partition coefficient (Wildman–Crippen LogP) is 3.45. The zero-order valence-electron chi connectivity index (χ0n) is 11.9. The minimum atomic E-state index is -0.623. The molecule has 19 heavy (non-hydrogen) atoms. The largest absolute Gasteiger partial charge is 0.481 e. The first-order valence-corrected chi connectivity index (χ1v) is 7.79. The number of piperidine rings is 1. The van der Waals surface area contributed by atoms with Crippen molar-refractivity contribution in [3.05, 3.63) is 12.7 Å². The summed E-state index contributed by atoms with van der Waals surface area (Å²) in [5.41, 5.74) is 0. The van der Waals surface area contributed by atoms with Crippen molar-refractivity contribution in [1.82, 2.24) is 4.90 Å². The number of hydrogen-bond acceptors (Lipinski definition) is 2. The van der Waals surface area contributed by atoms with E-state index >= 15 is 0 Å². The molecular weight excluding hydrogens is 238 g/mol. The Labute approximate surface area is 116 Å². The molecule has 2 bridgehead atoms. The quantitative estimate of drug-likeness (QED) is 0.540. The van der Waals surface area contributed by atoms with Crippen molar-refractivity contribution < 1.29 is 9.90 Å². The van der Waals surface area contributed by atoms with E-state index in [9.17, 15) is 4.79 Å². The van der Waals surface area contributed by atoms with E-state index in [1.54, 1.807) is 0 Å². The normalized spacial score (nSPS) is 30.4. The van der Waals surface area contributed by atoms with Crippen LogP contribution in [-0.4, -0.2) is 34.6 Å². The van der Waals surface area contributed by atoms with Gasteiger partial charge in [0.1, 0.15) is 0 Å². The number of rotatable bonds is 8. The molecule has 2 aliphatic heterocycles. The van der Waals surface area contributed by atoms with E-state index in [4.69, 9.17) is 5.11 Å². The summed E-state index contributed by atoms with van der Waals surface area (Å²) < 4.78 is 0. The molecule has 3 heteroatoms. The number of carbonyl (C=O) groups is 1. The Balaban J connectivity index is 1.72. The molecule has 2 saturated heterocycles.